The fourth-order valence-electron chi connectivity index (χ4n) is 0.862. The summed E-state index contributed by atoms with van der Waals surface area (Å²) < 4.78 is 38.8. The van der Waals surface area contributed by atoms with Crippen LogP contribution in [0.4, 0.5) is 13.2 Å². The van der Waals surface area contributed by atoms with Crippen LogP contribution in [0, 0.1) is 0 Å². The van der Waals surface area contributed by atoms with E-state index in [1.807, 2.05) is 0 Å². The summed E-state index contributed by atoms with van der Waals surface area (Å²) in [5, 5.41) is 9.00. The Kier molecular flexibility index (Phi) is 2.64. The summed E-state index contributed by atoms with van der Waals surface area (Å²) in [5.74, 6) is -1.61. The maximum atomic E-state index is 11.8. The highest BCUT2D eigenvalue weighted by atomic mass is 19.4. The molecule has 0 fully saturated rings. The fraction of sp³-hybridized carbons (Fsp3) is 0.125. The summed E-state index contributed by atoms with van der Waals surface area (Å²) in [5.41, 5.74) is -0.359. The predicted octanol–water partition coefficient (Wildman–Crippen LogP) is 2.10. The van der Waals surface area contributed by atoms with E-state index in [9.17, 15) is 18.0 Å². The van der Waals surface area contributed by atoms with Gasteiger partial charge in [-0.25, -0.2) is 0 Å². The van der Waals surface area contributed by atoms with E-state index in [1.54, 1.807) is 0 Å². The number of rotatable bonds is 2. The van der Waals surface area contributed by atoms with Gasteiger partial charge in [0.25, 0.3) is 0 Å². The highest BCUT2D eigenvalue weighted by Crippen LogP contribution is 2.33. The van der Waals surface area contributed by atoms with Gasteiger partial charge in [-0.05, 0) is 12.1 Å². The molecule has 14 heavy (non-hydrogen) atoms. The summed E-state index contributed by atoms with van der Waals surface area (Å²) in [4.78, 5) is 10.3. The molecule has 0 saturated heterocycles. The molecule has 0 unspecified atom stereocenters. The van der Waals surface area contributed by atoms with Gasteiger partial charge in [0.15, 0.2) is 17.8 Å². The molecule has 0 aliphatic heterocycles. The second-order valence-corrected chi connectivity index (χ2v) is 2.36. The van der Waals surface area contributed by atoms with Crippen molar-refractivity contribution in [3.05, 3.63) is 23.8 Å². The van der Waals surface area contributed by atoms with E-state index >= 15 is 0 Å². The molecule has 0 heterocycles. The first kappa shape index (κ1) is 10.4. The number of alkyl halides is 3. The highest BCUT2D eigenvalue weighted by Gasteiger charge is 2.33. The van der Waals surface area contributed by atoms with E-state index in [0.29, 0.717) is 0 Å². The van der Waals surface area contributed by atoms with E-state index in [1.165, 1.54) is 6.07 Å². The molecule has 0 saturated carbocycles. The van der Waals surface area contributed by atoms with Gasteiger partial charge in [-0.1, -0.05) is 6.07 Å². The topological polar surface area (TPSA) is 46.5 Å². The molecular weight excluding hydrogens is 201 g/mol. The number of halogens is 3. The molecule has 0 atom stereocenters. The average molecular weight is 206 g/mol. The summed E-state index contributed by atoms with van der Waals surface area (Å²) in [6.07, 6.45) is -4.77. The molecule has 6 heteroatoms. The van der Waals surface area contributed by atoms with Crippen molar-refractivity contribution in [2.75, 3.05) is 0 Å². The Balaban J connectivity index is 3.11. The van der Waals surface area contributed by atoms with Crippen molar-refractivity contribution < 1.29 is 27.8 Å². The Morgan fingerprint density at radius 3 is 2.50 bits per heavy atom. The Labute approximate surface area is 76.7 Å². The molecule has 0 spiro atoms. The smallest absolute Gasteiger partial charge is 0.504 e. The van der Waals surface area contributed by atoms with Crippen molar-refractivity contribution in [1.29, 1.82) is 0 Å². The van der Waals surface area contributed by atoms with Crippen LogP contribution in [-0.2, 0) is 0 Å². The lowest BCUT2D eigenvalue weighted by Crippen LogP contribution is -2.18. The number of carbonyl (C=O) groups is 1. The zero-order chi connectivity index (χ0) is 10.8. The second kappa shape index (κ2) is 3.57. The third-order valence-corrected chi connectivity index (χ3v) is 1.37. The number of carbonyl (C=O) groups excluding carboxylic acids is 1. The number of hydrogen-bond donors (Lipinski definition) is 1. The first-order chi connectivity index (χ1) is 6.44. The zero-order valence-corrected chi connectivity index (χ0v) is 6.71. The molecule has 0 radical (unpaired) electrons. The zero-order valence-electron chi connectivity index (χ0n) is 6.71. The van der Waals surface area contributed by atoms with Crippen LogP contribution in [0.3, 0.4) is 0 Å². The number of phenolic OH excluding ortho intramolecular Hbond substituents is 1. The van der Waals surface area contributed by atoms with Gasteiger partial charge < -0.3 is 9.84 Å². The monoisotopic (exact) mass is 206 g/mol. The molecular formula is C8H5F3O3. The minimum absolute atomic E-state index is 0.167. The van der Waals surface area contributed by atoms with Crippen LogP contribution >= 0.6 is 0 Å². The highest BCUT2D eigenvalue weighted by molar-refractivity contribution is 5.81. The number of para-hydroxylation sites is 1. The Bertz CT molecular complexity index is 346. The van der Waals surface area contributed by atoms with Gasteiger partial charge in [-0.15, -0.1) is 13.2 Å². The van der Waals surface area contributed by atoms with Gasteiger partial charge in [-0.3, -0.25) is 4.79 Å². The van der Waals surface area contributed by atoms with Crippen LogP contribution in [0.15, 0.2) is 18.2 Å². The standard InChI is InChI=1S/C8H5F3O3/c9-8(10,11)14-7-5(4-12)2-1-3-6(7)13/h1-4,13H. The molecule has 1 aromatic carbocycles. The van der Waals surface area contributed by atoms with E-state index in [0.717, 1.165) is 12.1 Å². The van der Waals surface area contributed by atoms with Crippen LogP contribution in [0.2, 0.25) is 0 Å². The van der Waals surface area contributed by atoms with Crippen LogP contribution in [-0.4, -0.2) is 17.8 Å². The van der Waals surface area contributed by atoms with Gasteiger partial charge in [0, 0.05) is 0 Å². The maximum Gasteiger partial charge on any atom is 0.573 e. The quantitative estimate of drug-likeness (QED) is 0.753. The number of ether oxygens (including phenoxy) is 1. The fourth-order valence-corrected chi connectivity index (χ4v) is 0.862. The van der Waals surface area contributed by atoms with Gasteiger partial charge >= 0.3 is 6.36 Å². The lowest BCUT2D eigenvalue weighted by molar-refractivity contribution is -0.275. The van der Waals surface area contributed by atoms with Crippen molar-refractivity contribution in [3.8, 4) is 11.5 Å². The minimum atomic E-state index is -4.93. The number of aromatic hydroxyl groups is 1. The molecule has 3 nitrogen and oxygen atoms in total. The molecule has 1 aromatic rings. The predicted molar refractivity (Wildman–Crippen MR) is 40.2 cm³/mol. The Morgan fingerprint density at radius 1 is 1.36 bits per heavy atom. The number of benzene rings is 1. The minimum Gasteiger partial charge on any atom is -0.504 e. The maximum absolute atomic E-state index is 11.8. The van der Waals surface area contributed by atoms with Crippen molar-refractivity contribution in [1.82, 2.24) is 0 Å². The number of phenols is 1. The van der Waals surface area contributed by atoms with Crippen LogP contribution in [0.1, 0.15) is 10.4 Å². The van der Waals surface area contributed by atoms with Gasteiger partial charge in [0.2, 0.25) is 0 Å². The SMILES string of the molecule is O=Cc1cccc(O)c1OC(F)(F)F. The van der Waals surface area contributed by atoms with Crippen molar-refractivity contribution in [3.63, 3.8) is 0 Å². The number of aldehydes is 1. The first-order valence-corrected chi connectivity index (χ1v) is 3.47. The van der Waals surface area contributed by atoms with Gasteiger partial charge in [0.05, 0.1) is 5.56 Å². The molecule has 1 N–H and O–H groups in total. The average Bonchev–Trinajstić information content (AvgIpc) is 2.06. The lowest BCUT2D eigenvalue weighted by Gasteiger charge is -2.11. The van der Waals surface area contributed by atoms with E-state index in [4.69, 9.17) is 5.11 Å². The third kappa shape index (κ3) is 2.38. The van der Waals surface area contributed by atoms with E-state index in [2.05, 4.69) is 4.74 Å². The van der Waals surface area contributed by atoms with Crippen LogP contribution < -0.4 is 4.74 Å². The molecule has 0 aliphatic carbocycles. The largest absolute Gasteiger partial charge is 0.573 e. The molecule has 0 aliphatic rings. The Hall–Kier alpha value is -1.72. The number of hydrogen-bond acceptors (Lipinski definition) is 3. The van der Waals surface area contributed by atoms with E-state index < -0.39 is 17.9 Å². The Morgan fingerprint density at radius 2 is 2.00 bits per heavy atom. The second-order valence-electron chi connectivity index (χ2n) is 2.36. The van der Waals surface area contributed by atoms with E-state index in [-0.39, 0.29) is 11.8 Å². The van der Waals surface area contributed by atoms with Crippen LogP contribution in [0.5, 0.6) is 11.5 Å². The summed E-state index contributed by atoms with van der Waals surface area (Å²) >= 11 is 0. The van der Waals surface area contributed by atoms with Crippen LogP contribution in [0.25, 0.3) is 0 Å². The van der Waals surface area contributed by atoms with Crippen molar-refractivity contribution in [2.24, 2.45) is 0 Å². The van der Waals surface area contributed by atoms with Gasteiger partial charge in [-0.2, -0.15) is 0 Å². The molecule has 0 aromatic heterocycles. The normalized spacial score (nSPS) is 11.1. The van der Waals surface area contributed by atoms with Crippen molar-refractivity contribution in [2.45, 2.75) is 6.36 Å². The summed E-state index contributed by atoms with van der Waals surface area (Å²) in [6.45, 7) is 0. The molecule has 76 valence electrons. The molecule has 0 amide bonds. The first-order valence-electron chi connectivity index (χ1n) is 3.47. The third-order valence-electron chi connectivity index (χ3n) is 1.37. The van der Waals surface area contributed by atoms with Crippen molar-refractivity contribution >= 4 is 6.29 Å². The summed E-state index contributed by atoms with van der Waals surface area (Å²) in [6, 6.07) is 3.34. The summed E-state index contributed by atoms with van der Waals surface area (Å²) in [7, 11) is 0. The van der Waals surface area contributed by atoms with Gasteiger partial charge in [0.1, 0.15) is 0 Å². The lowest BCUT2D eigenvalue weighted by atomic mass is 10.2. The molecule has 0 bridgehead atoms. The molecule has 1 rings (SSSR count).